The summed E-state index contributed by atoms with van der Waals surface area (Å²) in [5.74, 6) is 0.163. The van der Waals surface area contributed by atoms with E-state index >= 15 is 0 Å². The normalized spacial score (nSPS) is 11.4. The molecule has 1 rings (SSSR count). The summed E-state index contributed by atoms with van der Waals surface area (Å²) in [5.41, 5.74) is 2.71. The molecule has 0 aliphatic rings. The van der Waals surface area contributed by atoms with Gasteiger partial charge >= 0.3 is 10.4 Å². The molecule has 0 fully saturated rings. The van der Waals surface area contributed by atoms with E-state index in [-0.39, 0.29) is 5.75 Å². The van der Waals surface area contributed by atoms with Gasteiger partial charge in [0, 0.05) is 0 Å². The summed E-state index contributed by atoms with van der Waals surface area (Å²) in [6, 6.07) is 3.26. The minimum atomic E-state index is -4.43. The fourth-order valence-corrected chi connectivity index (χ4v) is 1.54. The van der Waals surface area contributed by atoms with E-state index in [1.54, 1.807) is 13.0 Å². The van der Waals surface area contributed by atoms with Crippen LogP contribution in [0, 0.1) is 20.8 Å². The summed E-state index contributed by atoms with van der Waals surface area (Å²) in [6.07, 6.45) is 0. The van der Waals surface area contributed by atoms with Crippen molar-refractivity contribution in [1.82, 2.24) is 0 Å². The van der Waals surface area contributed by atoms with Crippen LogP contribution in [-0.4, -0.2) is 13.0 Å². The monoisotopic (exact) mass is 216 g/mol. The van der Waals surface area contributed by atoms with Gasteiger partial charge in [0.05, 0.1) is 0 Å². The molecule has 0 spiro atoms. The van der Waals surface area contributed by atoms with E-state index < -0.39 is 10.4 Å². The topological polar surface area (TPSA) is 63.6 Å². The second kappa shape index (κ2) is 3.59. The highest BCUT2D eigenvalue weighted by Gasteiger charge is 2.11. The van der Waals surface area contributed by atoms with Gasteiger partial charge in [0.2, 0.25) is 0 Å². The summed E-state index contributed by atoms with van der Waals surface area (Å²) in [7, 11) is -4.43. The first-order chi connectivity index (χ1) is 6.31. The Kier molecular flexibility index (Phi) is 2.82. The van der Waals surface area contributed by atoms with Crippen LogP contribution in [0.1, 0.15) is 16.7 Å². The first kappa shape index (κ1) is 11.0. The number of rotatable bonds is 2. The van der Waals surface area contributed by atoms with Crippen LogP contribution in [0.4, 0.5) is 0 Å². The largest absolute Gasteiger partial charge is 0.446 e. The third-order valence-corrected chi connectivity index (χ3v) is 2.59. The van der Waals surface area contributed by atoms with Crippen LogP contribution >= 0.6 is 0 Å². The Morgan fingerprint density at radius 3 is 2.21 bits per heavy atom. The van der Waals surface area contributed by atoms with Crippen LogP contribution in [0.25, 0.3) is 0 Å². The molecule has 0 aliphatic carbocycles. The van der Waals surface area contributed by atoms with Crippen LogP contribution in [0.3, 0.4) is 0 Å². The molecule has 0 unspecified atom stereocenters. The van der Waals surface area contributed by atoms with Gasteiger partial charge in [0.1, 0.15) is 5.75 Å². The molecule has 0 amide bonds. The van der Waals surface area contributed by atoms with Gasteiger partial charge in [-0.15, -0.1) is 0 Å². The number of hydrogen-bond donors (Lipinski definition) is 1. The lowest BCUT2D eigenvalue weighted by Crippen LogP contribution is -2.08. The predicted octanol–water partition coefficient (Wildman–Crippen LogP) is 1.79. The highest BCUT2D eigenvalue weighted by Crippen LogP contribution is 2.24. The molecule has 0 bridgehead atoms. The van der Waals surface area contributed by atoms with Crippen molar-refractivity contribution in [2.24, 2.45) is 0 Å². The van der Waals surface area contributed by atoms with E-state index in [1.165, 1.54) is 6.07 Å². The van der Waals surface area contributed by atoms with Gasteiger partial charge in [-0.25, -0.2) is 0 Å². The van der Waals surface area contributed by atoms with Gasteiger partial charge in [0.25, 0.3) is 0 Å². The molecule has 0 atom stereocenters. The number of aryl methyl sites for hydroxylation is 1. The van der Waals surface area contributed by atoms with E-state index in [0.29, 0.717) is 5.56 Å². The fraction of sp³-hybridized carbons (Fsp3) is 0.333. The standard InChI is InChI=1S/C9H12O4S/c1-6-4-5-9(8(3)7(6)2)13-14(10,11)12/h4-5H,1-3H3,(H,10,11,12). The van der Waals surface area contributed by atoms with Gasteiger partial charge in [-0.1, -0.05) is 6.07 Å². The highest BCUT2D eigenvalue weighted by molar-refractivity contribution is 7.81. The van der Waals surface area contributed by atoms with Crippen molar-refractivity contribution in [2.45, 2.75) is 20.8 Å². The average Bonchev–Trinajstić information content (AvgIpc) is 2.04. The maximum atomic E-state index is 10.5. The van der Waals surface area contributed by atoms with Crippen LogP contribution < -0.4 is 4.18 Å². The van der Waals surface area contributed by atoms with E-state index in [0.717, 1.165) is 11.1 Å². The van der Waals surface area contributed by atoms with Crippen molar-refractivity contribution in [1.29, 1.82) is 0 Å². The van der Waals surface area contributed by atoms with E-state index in [2.05, 4.69) is 4.18 Å². The maximum absolute atomic E-state index is 10.5. The summed E-state index contributed by atoms with van der Waals surface area (Å²) in [5, 5.41) is 0. The molecule has 0 radical (unpaired) electrons. The molecule has 0 heterocycles. The van der Waals surface area contributed by atoms with E-state index in [1.807, 2.05) is 13.8 Å². The molecule has 0 aromatic heterocycles. The van der Waals surface area contributed by atoms with Gasteiger partial charge in [0.15, 0.2) is 0 Å². The van der Waals surface area contributed by atoms with Gasteiger partial charge in [-0.05, 0) is 43.5 Å². The Hall–Kier alpha value is -1.07. The van der Waals surface area contributed by atoms with Gasteiger partial charge in [-0.3, -0.25) is 4.55 Å². The Balaban J connectivity index is 3.19. The summed E-state index contributed by atoms with van der Waals surface area (Å²) < 4.78 is 33.9. The van der Waals surface area contributed by atoms with E-state index in [9.17, 15) is 8.42 Å². The fourth-order valence-electron chi connectivity index (χ4n) is 1.13. The zero-order chi connectivity index (χ0) is 10.9. The number of benzene rings is 1. The first-order valence-electron chi connectivity index (χ1n) is 4.05. The van der Waals surface area contributed by atoms with Crippen molar-refractivity contribution in [2.75, 3.05) is 0 Å². The van der Waals surface area contributed by atoms with Crippen LogP contribution in [0.15, 0.2) is 12.1 Å². The summed E-state index contributed by atoms with van der Waals surface area (Å²) in [6.45, 7) is 5.52. The summed E-state index contributed by atoms with van der Waals surface area (Å²) >= 11 is 0. The van der Waals surface area contributed by atoms with Crippen molar-refractivity contribution in [3.63, 3.8) is 0 Å². The highest BCUT2D eigenvalue weighted by atomic mass is 32.3. The molecule has 78 valence electrons. The van der Waals surface area contributed by atoms with Crippen LogP contribution in [0.2, 0.25) is 0 Å². The van der Waals surface area contributed by atoms with Crippen molar-refractivity contribution in [3.8, 4) is 5.75 Å². The SMILES string of the molecule is Cc1ccc(OS(=O)(=O)O)c(C)c1C. The van der Waals surface area contributed by atoms with Crippen LogP contribution in [0.5, 0.6) is 5.75 Å². The van der Waals surface area contributed by atoms with Crippen molar-refractivity contribution in [3.05, 3.63) is 28.8 Å². The molecule has 0 saturated carbocycles. The summed E-state index contributed by atoms with van der Waals surface area (Å²) in [4.78, 5) is 0. The second-order valence-electron chi connectivity index (χ2n) is 3.14. The van der Waals surface area contributed by atoms with Gasteiger partial charge in [-0.2, -0.15) is 8.42 Å². The molecule has 14 heavy (non-hydrogen) atoms. The maximum Gasteiger partial charge on any atom is 0.446 e. The first-order valence-corrected chi connectivity index (χ1v) is 5.41. The molecular weight excluding hydrogens is 204 g/mol. The molecule has 5 heteroatoms. The molecule has 1 aromatic rings. The Morgan fingerprint density at radius 1 is 1.14 bits per heavy atom. The third kappa shape index (κ3) is 2.46. The lowest BCUT2D eigenvalue weighted by Gasteiger charge is -2.09. The zero-order valence-corrected chi connectivity index (χ0v) is 9.05. The van der Waals surface area contributed by atoms with Crippen molar-refractivity contribution < 1.29 is 17.2 Å². The molecule has 0 saturated heterocycles. The average molecular weight is 216 g/mol. The third-order valence-electron chi connectivity index (χ3n) is 2.20. The Bertz CT molecular complexity index is 448. The Morgan fingerprint density at radius 2 is 1.71 bits per heavy atom. The zero-order valence-electron chi connectivity index (χ0n) is 8.23. The number of hydrogen-bond acceptors (Lipinski definition) is 3. The lowest BCUT2D eigenvalue weighted by atomic mass is 10.0. The minimum Gasteiger partial charge on any atom is -0.362 e. The Labute approximate surface area is 83.5 Å². The smallest absolute Gasteiger partial charge is 0.362 e. The quantitative estimate of drug-likeness (QED) is 0.765. The predicted molar refractivity (Wildman–Crippen MR) is 52.8 cm³/mol. The second-order valence-corrected chi connectivity index (χ2v) is 4.16. The molecule has 1 aromatic carbocycles. The molecule has 0 aliphatic heterocycles. The minimum absolute atomic E-state index is 0.163. The molecule has 1 N–H and O–H groups in total. The van der Waals surface area contributed by atoms with Crippen molar-refractivity contribution >= 4 is 10.4 Å². The molecular formula is C9H12O4S. The lowest BCUT2D eigenvalue weighted by molar-refractivity contribution is 0.385. The van der Waals surface area contributed by atoms with Crippen LogP contribution in [-0.2, 0) is 10.4 Å². The van der Waals surface area contributed by atoms with Gasteiger partial charge < -0.3 is 4.18 Å². The van der Waals surface area contributed by atoms with E-state index in [4.69, 9.17) is 4.55 Å². The molecule has 4 nitrogen and oxygen atoms in total.